The highest BCUT2D eigenvalue weighted by Gasteiger charge is 2.18. The number of nitriles is 1. The number of aryl methyl sites for hydroxylation is 1. The minimum Gasteiger partial charge on any atom is -0.474 e. The molecule has 1 aromatic rings. The van der Waals surface area contributed by atoms with Crippen molar-refractivity contribution >= 4 is 33.5 Å². The van der Waals surface area contributed by atoms with Crippen LogP contribution in [0.15, 0.2) is 16.6 Å². The Labute approximate surface area is 119 Å². The number of hydrogen-bond donors (Lipinski definition) is 2. The summed E-state index contributed by atoms with van der Waals surface area (Å²) in [5.74, 6) is -2.75. The zero-order chi connectivity index (χ0) is 14.4. The molecule has 0 aliphatic carbocycles. The van der Waals surface area contributed by atoms with E-state index < -0.39 is 11.9 Å². The number of unbranched alkanes of at least 4 members (excludes halogenated alkanes) is 1. The number of benzene rings is 1. The lowest BCUT2D eigenvalue weighted by atomic mass is 10.0. The number of nitrogens with one attached hydrogen (secondary N) is 1. The van der Waals surface area contributed by atoms with E-state index in [0.29, 0.717) is 16.5 Å². The molecule has 0 saturated heterocycles. The molecule has 1 rings (SSSR count). The molecular weight excluding hydrogens is 312 g/mol. The van der Waals surface area contributed by atoms with Gasteiger partial charge in [0.1, 0.15) is 6.07 Å². The molecule has 0 aromatic heterocycles. The standard InChI is InChI=1S/C13H13BrN2O3/c1-2-3-4-8-5-6-10(14)11(9(8)7-15)16-12(17)13(18)19/h5-6H,2-4H2,1H3,(H,16,17)(H,18,19). The third-order valence-corrected chi connectivity index (χ3v) is 3.25. The van der Waals surface area contributed by atoms with Crippen molar-refractivity contribution in [3.63, 3.8) is 0 Å². The van der Waals surface area contributed by atoms with Gasteiger partial charge in [-0.1, -0.05) is 19.4 Å². The van der Waals surface area contributed by atoms with E-state index in [1.54, 1.807) is 12.1 Å². The van der Waals surface area contributed by atoms with Gasteiger partial charge in [-0.05, 0) is 40.4 Å². The molecular formula is C13H13BrN2O3. The number of anilines is 1. The number of hydrogen-bond acceptors (Lipinski definition) is 3. The minimum absolute atomic E-state index is 0.212. The third-order valence-electron chi connectivity index (χ3n) is 2.59. The van der Waals surface area contributed by atoms with Crippen LogP contribution in [0.1, 0.15) is 30.9 Å². The molecule has 0 saturated carbocycles. The van der Waals surface area contributed by atoms with E-state index in [1.165, 1.54) is 0 Å². The predicted molar refractivity (Wildman–Crippen MR) is 73.7 cm³/mol. The summed E-state index contributed by atoms with van der Waals surface area (Å²) in [4.78, 5) is 21.8. The van der Waals surface area contributed by atoms with E-state index in [2.05, 4.69) is 21.2 Å². The fraction of sp³-hybridized carbons (Fsp3) is 0.308. The molecule has 19 heavy (non-hydrogen) atoms. The Bertz CT molecular complexity index is 550. The van der Waals surface area contributed by atoms with Crippen LogP contribution in [0.25, 0.3) is 0 Å². The van der Waals surface area contributed by atoms with E-state index in [9.17, 15) is 14.9 Å². The monoisotopic (exact) mass is 324 g/mol. The molecule has 1 amide bonds. The maximum Gasteiger partial charge on any atom is 0.394 e. The van der Waals surface area contributed by atoms with E-state index >= 15 is 0 Å². The molecule has 6 heteroatoms. The smallest absolute Gasteiger partial charge is 0.394 e. The largest absolute Gasteiger partial charge is 0.474 e. The third kappa shape index (κ3) is 3.80. The molecule has 5 nitrogen and oxygen atoms in total. The zero-order valence-corrected chi connectivity index (χ0v) is 12.0. The van der Waals surface area contributed by atoms with Crippen molar-refractivity contribution in [3.8, 4) is 6.07 Å². The number of halogens is 1. The van der Waals surface area contributed by atoms with Crippen LogP contribution in [-0.4, -0.2) is 17.0 Å². The zero-order valence-electron chi connectivity index (χ0n) is 10.4. The van der Waals surface area contributed by atoms with E-state index in [0.717, 1.165) is 18.4 Å². The molecule has 0 aliphatic heterocycles. The molecule has 100 valence electrons. The lowest BCUT2D eigenvalue weighted by molar-refractivity contribution is -0.147. The van der Waals surface area contributed by atoms with Crippen LogP contribution >= 0.6 is 15.9 Å². The van der Waals surface area contributed by atoms with Crippen molar-refractivity contribution in [1.29, 1.82) is 5.26 Å². The number of carboxylic acids is 1. The van der Waals surface area contributed by atoms with Crippen molar-refractivity contribution in [2.24, 2.45) is 0 Å². The van der Waals surface area contributed by atoms with Gasteiger partial charge in [0.25, 0.3) is 0 Å². The maximum absolute atomic E-state index is 11.2. The number of carbonyl (C=O) groups excluding carboxylic acids is 1. The second kappa shape index (κ2) is 6.90. The van der Waals surface area contributed by atoms with Crippen LogP contribution in [0.2, 0.25) is 0 Å². The summed E-state index contributed by atoms with van der Waals surface area (Å²) in [6.07, 6.45) is 2.61. The molecule has 0 radical (unpaired) electrons. The van der Waals surface area contributed by atoms with Crippen LogP contribution in [-0.2, 0) is 16.0 Å². The van der Waals surface area contributed by atoms with Gasteiger partial charge in [0.15, 0.2) is 0 Å². The van der Waals surface area contributed by atoms with Crippen LogP contribution < -0.4 is 5.32 Å². The summed E-state index contributed by atoms with van der Waals surface area (Å²) in [5, 5.41) is 20.0. The Morgan fingerprint density at radius 2 is 2.16 bits per heavy atom. The van der Waals surface area contributed by atoms with Crippen molar-refractivity contribution in [2.45, 2.75) is 26.2 Å². The average Bonchev–Trinajstić information content (AvgIpc) is 2.39. The van der Waals surface area contributed by atoms with Gasteiger partial charge in [-0.2, -0.15) is 5.26 Å². The fourth-order valence-corrected chi connectivity index (χ4v) is 2.04. The molecule has 0 aliphatic rings. The highest BCUT2D eigenvalue weighted by Crippen LogP contribution is 2.29. The lowest BCUT2D eigenvalue weighted by Gasteiger charge is -2.11. The highest BCUT2D eigenvalue weighted by atomic mass is 79.9. The summed E-state index contributed by atoms with van der Waals surface area (Å²) >= 11 is 3.21. The average molecular weight is 325 g/mol. The highest BCUT2D eigenvalue weighted by molar-refractivity contribution is 9.10. The number of carboxylic acid groups (broad SMARTS) is 1. The quantitative estimate of drug-likeness (QED) is 0.833. The first-order valence-corrected chi connectivity index (χ1v) is 6.56. The van der Waals surface area contributed by atoms with Gasteiger partial charge >= 0.3 is 11.9 Å². The van der Waals surface area contributed by atoms with E-state index in [4.69, 9.17) is 5.11 Å². The first-order chi connectivity index (χ1) is 9.01. The normalized spacial score (nSPS) is 9.74. The van der Waals surface area contributed by atoms with E-state index in [1.807, 2.05) is 13.0 Å². The van der Waals surface area contributed by atoms with Crippen molar-refractivity contribution in [1.82, 2.24) is 0 Å². The molecule has 0 bridgehead atoms. The molecule has 0 fully saturated rings. The molecule has 0 unspecified atom stereocenters. The van der Waals surface area contributed by atoms with Crippen LogP contribution in [0.3, 0.4) is 0 Å². The number of aliphatic carboxylic acids is 1. The molecule has 0 atom stereocenters. The summed E-state index contributed by atoms with van der Waals surface area (Å²) in [5.41, 5.74) is 1.31. The van der Waals surface area contributed by atoms with Crippen LogP contribution in [0, 0.1) is 11.3 Å². The Balaban J connectivity index is 3.18. The molecule has 0 heterocycles. The molecule has 0 spiro atoms. The summed E-state index contributed by atoms with van der Waals surface area (Å²) in [6.45, 7) is 2.04. The first-order valence-electron chi connectivity index (χ1n) is 5.77. The molecule has 2 N–H and O–H groups in total. The topological polar surface area (TPSA) is 90.2 Å². The van der Waals surface area contributed by atoms with E-state index in [-0.39, 0.29) is 5.69 Å². The predicted octanol–water partition coefficient (Wildman–Crippen LogP) is 2.69. The SMILES string of the molecule is CCCCc1ccc(Br)c(NC(=O)C(=O)O)c1C#N. The van der Waals surface area contributed by atoms with Crippen molar-refractivity contribution < 1.29 is 14.7 Å². The second-order valence-corrected chi connectivity index (χ2v) is 4.79. The van der Waals surface area contributed by atoms with Crippen molar-refractivity contribution in [2.75, 3.05) is 5.32 Å². The fourth-order valence-electron chi connectivity index (χ4n) is 1.61. The summed E-state index contributed by atoms with van der Waals surface area (Å²) in [7, 11) is 0. The van der Waals surface area contributed by atoms with Gasteiger partial charge in [-0.3, -0.25) is 4.79 Å². The Hall–Kier alpha value is -1.87. The Kier molecular flexibility index (Phi) is 5.52. The van der Waals surface area contributed by atoms with Crippen molar-refractivity contribution in [3.05, 3.63) is 27.7 Å². The summed E-state index contributed by atoms with van der Waals surface area (Å²) < 4.78 is 0.485. The molecule has 1 aromatic carbocycles. The van der Waals surface area contributed by atoms with Gasteiger partial charge in [0.05, 0.1) is 11.3 Å². The first kappa shape index (κ1) is 15.2. The minimum atomic E-state index is -1.59. The Morgan fingerprint density at radius 3 is 2.68 bits per heavy atom. The van der Waals surface area contributed by atoms with Gasteiger partial charge < -0.3 is 10.4 Å². The van der Waals surface area contributed by atoms with Crippen LogP contribution in [0.5, 0.6) is 0 Å². The lowest BCUT2D eigenvalue weighted by Crippen LogP contribution is -2.22. The van der Waals surface area contributed by atoms with Crippen LogP contribution in [0.4, 0.5) is 5.69 Å². The Morgan fingerprint density at radius 1 is 1.47 bits per heavy atom. The number of nitrogens with zero attached hydrogens (tertiary/aromatic N) is 1. The van der Waals surface area contributed by atoms with Gasteiger partial charge in [0.2, 0.25) is 0 Å². The number of carbonyl (C=O) groups is 2. The van der Waals surface area contributed by atoms with Gasteiger partial charge in [0, 0.05) is 4.47 Å². The maximum atomic E-state index is 11.2. The number of amides is 1. The van der Waals surface area contributed by atoms with Gasteiger partial charge in [-0.25, -0.2) is 4.79 Å². The van der Waals surface area contributed by atoms with Gasteiger partial charge in [-0.15, -0.1) is 0 Å². The number of rotatable bonds is 4. The summed E-state index contributed by atoms with van der Waals surface area (Å²) in [6, 6.07) is 5.52. The second-order valence-electron chi connectivity index (χ2n) is 3.93.